The summed E-state index contributed by atoms with van der Waals surface area (Å²) < 4.78 is 24.3. The summed E-state index contributed by atoms with van der Waals surface area (Å²) in [5.41, 5.74) is 1.70. The Morgan fingerprint density at radius 3 is 2.69 bits per heavy atom. The molecule has 4 rings (SSSR count). The van der Waals surface area contributed by atoms with Gasteiger partial charge in [-0.15, -0.1) is 0 Å². The minimum absolute atomic E-state index is 0.00261. The predicted molar refractivity (Wildman–Crippen MR) is 112 cm³/mol. The van der Waals surface area contributed by atoms with E-state index >= 15 is 0 Å². The lowest BCUT2D eigenvalue weighted by Gasteiger charge is -2.24. The minimum atomic E-state index is -3.15. The molecule has 2 fully saturated rings. The number of amidine groups is 1. The van der Waals surface area contributed by atoms with Gasteiger partial charge in [0.15, 0.2) is 15.0 Å². The lowest BCUT2D eigenvalue weighted by molar-refractivity contribution is -0.384. The Labute approximate surface area is 171 Å². The molecular formula is C19H17N3O5S2. The summed E-state index contributed by atoms with van der Waals surface area (Å²) in [6.45, 7) is 1.93. The minimum Gasteiger partial charge on any atom is -0.316 e. The van der Waals surface area contributed by atoms with Gasteiger partial charge in [0.25, 0.3) is 11.6 Å². The molecule has 2 saturated heterocycles. The Balaban J connectivity index is 1.72. The number of sulfone groups is 1. The zero-order valence-corrected chi connectivity index (χ0v) is 17.0. The molecule has 150 valence electrons. The summed E-state index contributed by atoms with van der Waals surface area (Å²) in [6, 6.07) is 12.7. The maximum Gasteiger partial charge on any atom is 0.279 e. The Bertz CT molecular complexity index is 1150. The highest BCUT2D eigenvalue weighted by atomic mass is 32.2. The van der Waals surface area contributed by atoms with Gasteiger partial charge in [0.2, 0.25) is 0 Å². The third kappa shape index (κ3) is 3.90. The first-order chi connectivity index (χ1) is 13.7. The smallest absolute Gasteiger partial charge is 0.279 e. The van der Waals surface area contributed by atoms with E-state index in [0.29, 0.717) is 5.17 Å². The molecule has 2 unspecified atom stereocenters. The molecule has 0 saturated carbocycles. The first-order valence-electron chi connectivity index (χ1n) is 8.84. The molecule has 0 radical (unpaired) electrons. The number of hydrogen-bond acceptors (Lipinski definition) is 6. The number of non-ortho nitro benzene ring substituents is 1. The van der Waals surface area contributed by atoms with Gasteiger partial charge in [-0.25, -0.2) is 8.42 Å². The molecule has 2 atom stereocenters. The second kappa shape index (κ2) is 7.27. The van der Waals surface area contributed by atoms with Crippen LogP contribution in [-0.2, 0) is 9.84 Å². The second-order valence-electron chi connectivity index (χ2n) is 7.02. The van der Waals surface area contributed by atoms with E-state index in [1.807, 2.05) is 36.1 Å². The van der Waals surface area contributed by atoms with E-state index in [0.717, 1.165) is 11.3 Å². The van der Waals surface area contributed by atoms with Gasteiger partial charge in [-0.1, -0.05) is 30.0 Å². The molecule has 0 aromatic heterocycles. The number of thioether (sulfide) groups is 1. The first kappa shape index (κ1) is 19.6. The zero-order valence-electron chi connectivity index (χ0n) is 15.4. The van der Waals surface area contributed by atoms with E-state index in [4.69, 9.17) is 0 Å². The fraction of sp³-hybridized carbons (Fsp3) is 0.263. The summed E-state index contributed by atoms with van der Waals surface area (Å²) in [4.78, 5) is 29.1. The summed E-state index contributed by atoms with van der Waals surface area (Å²) in [5.74, 6) is -0.561. The number of carbonyl (C=O) groups excluding carboxylic acids is 1. The summed E-state index contributed by atoms with van der Waals surface area (Å²) in [6.07, 6.45) is 0. The number of benzene rings is 2. The Morgan fingerprint density at radius 1 is 1.21 bits per heavy atom. The van der Waals surface area contributed by atoms with E-state index in [2.05, 4.69) is 4.99 Å². The third-order valence-electron chi connectivity index (χ3n) is 4.85. The quantitative estimate of drug-likeness (QED) is 0.543. The van der Waals surface area contributed by atoms with Crippen molar-refractivity contribution in [3.8, 4) is 0 Å². The lowest BCUT2D eigenvalue weighted by Crippen LogP contribution is -2.37. The Kier molecular flexibility index (Phi) is 4.91. The number of nitrogens with zero attached hydrogens (tertiary/aromatic N) is 3. The molecule has 8 nitrogen and oxygen atoms in total. The van der Waals surface area contributed by atoms with Gasteiger partial charge < -0.3 is 4.90 Å². The maximum atomic E-state index is 12.7. The number of aliphatic imine (C=N–C) groups is 1. The number of hydrogen-bond donors (Lipinski definition) is 0. The van der Waals surface area contributed by atoms with Crippen LogP contribution >= 0.6 is 11.8 Å². The van der Waals surface area contributed by atoms with Crippen LogP contribution in [-0.4, -0.2) is 47.2 Å². The van der Waals surface area contributed by atoms with Crippen LogP contribution in [0, 0.1) is 17.0 Å². The van der Waals surface area contributed by atoms with Crippen LogP contribution in [0.3, 0.4) is 0 Å². The van der Waals surface area contributed by atoms with Gasteiger partial charge in [-0.2, -0.15) is 4.99 Å². The van der Waals surface area contributed by atoms with E-state index in [-0.39, 0.29) is 34.0 Å². The average Bonchev–Trinajstić information content (AvgIpc) is 3.12. The standard InChI is InChI=1S/C19H17N3O5S2/c1-12-4-2-6-14(8-12)21-16-10-29(26,27)11-17(16)28-19(21)20-18(23)13-5-3-7-15(9-13)22(24)25/h2-9,16-17H,10-11H2,1H3. The van der Waals surface area contributed by atoms with Crippen LogP contribution < -0.4 is 4.90 Å². The van der Waals surface area contributed by atoms with Crippen molar-refractivity contribution < 1.29 is 18.1 Å². The number of amides is 1. The van der Waals surface area contributed by atoms with Crippen LogP contribution in [0.5, 0.6) is 0 Å². The molecule has 0 N–H and O–H groups in total. The highest BCUT2D eigenvalue weighted by Crippen LogP contribution is 2.41. The normalized spacial score (nSPS) is 23.9. The Hall–Kier alpha value is -2.72. The summed E-state index contributed by atoms with van der Waals surface area (Å²) in [5, 5.41) is 11.2. The summed E-state index contributed by atoms with van der Waals surface area (Å²) in [7, 11) is -3.15. The van der Waals surface area contributed by atoms with Crippen LogP contribution in [0.1, 0.15) is 15.9 Å². The maximum absolute atomic E-state index is 12.7. The SMILES string of the molecule is Cc1cccc(N2C(=NC(=O)c3cccc([N+](=O)[O-])c3)SC3CS(=O)(=O)CC32)c1. The van der Waals surface area contributed by atoms with E-state index in [1.165, 1.54) is 36.0 Å². The molecule has 29 heavy (non-hydrogen) atoms. The van der Waals surface area contributed by atoms with Crippen molar-refractivity contribution in [1.29, 1.82) is 0 Å². The lowest BCUT2D eigenvalue weighted by atomic mass is 10.1. The molecule has 1 amide bonds. The molecule has 2 aliphatic rings. The first-order valence-corrected chi connectivity index (χ1v) is 11.5. The van der Waals surface area contributed by atoms with Crippen molar-refractivity contribution in [3.05, 3.63) is 69.8 Å². The van der Waals surface area contributed by atoms with Crippen molar-refractivity contribution in [1.82, 2.24) is 0 Å². The molecule has 2 aromatic carbocycles. The number of anilines is 1. The molecular weight excluding hydrogens is 414 g/mol. The van der Waals surface area contributed by atoms with Gasteiger partial charge in [0.05, 0.1) is 22.5 Å². The van der Waals surface area contributed by atoms with Gasteiger partial charge in [-0.3, -0.25) is 14.9 Å². The zero-order chi connectivity index (χ0) is 20.8. The number of rotatable bonds is 3. The van der Waals surface area contributed by atoms with Gasteiger partial charge in [0.1, 0.15) is 0 Å². The number of carbonyl (C=O) groups is 1. The number of nitro benzene ring substituents is 1. The fourth-order valence-electron chi connectivity index (χ4n) is 3.55. The topological polar surface area (TPSA) is 110 Å². The van der Waals surface area contributed by atoms with Crippen LogP contribution in [0.2, 0.25) is 0 Å². The molecule has 0 aliphatic carbocycles. The van der Waals surface area contributed by atoms with Crippen LogP contribution in [0.15, 0.2) is 53.5 Å². The highest BCUT2D eigenvalue weighted by molar-refractivity contribution is 8.16. The van der Waals surface area contributed by atoms with E-state index in [9.17, 15) is 23.3 Å². The molecule has 10 heteroatoms. The van der Waals surface area contributed by atoms with Crippen molar-refractivity contribution in [2.45, 2.75) is 18.2 Å². The fourth-order valence-corrected chi connectivity index (χ4v) is 7.46. The van der Waals surface area contributed by atoms with Crippen molar-refractivity contribution in [2.24, 2.45) is 4.99 Å². The van der Waals surface area contributed by atoms with E-state index in [1.54, 1.807) is 0 Å². The number of aryl methyl sites for hydroxylation is 1. The predicted octanol–water partition coefficient (Wildman–Crippen LogP) is 2.82. The van der Waals surface area contributed by atoms with Crippen LogP contribution in [0.25, 0.3) is 0 Å². The van der Waals surface area contributed by atoms with Crippen LogP contribution in [0.4, 0.5) is 11.4 Å². The van der Waals surface area contributed by atoms with Crippen molar-refractivity contribution in [3.63, 3.8) is 0 Å². The average molecular weight is 431 g/mol. The van der Waals surface area contributed by atoms with Gasteiger partial charge >= 0.3 is 0 Å². The van der Waals surface area contributed by atoms with Gasteiger partial charge in [-0.05, 0) is 30.7 Å². The Morgan fingerprint density at radius 2 is 1.97 bits per heavy atom. The molecule has 2 aliphatic heterocycles. The highest BCUT2D eigenvalue weighted by Gasteiger charge is 2.49. The van der Waals surface area contributed by atoms with Crippen molar-refractivity contribution in [2.75, 3.05) is 16.4 Å². The number of fused-ring (bicyclic) bond motifs is 1. The largest absolute Gasteiger partial charge is 0.316 e. The molecule has 2 heterocycles. The number of nitro groups is 1. The molecule has 0 spiro atoms. The van der Waals surface area contributed by atoms with Gasteiger partial charge in [0, 0.05) is 28.6 Å². The monoisotopic (exact) mass is 431 g/mol. The second-order valence-corrected chi connectivity index (χ2v) is 10.4. The van der Waals surface area contributed by atoms with E-state index < -0.39 is 20.7 Å². The summed E-state index contributed by atoms with van der Waals surface area (Å²) >= 11 is 1.27. The molecule has 0 bridgehead atoms. The van der Waals surface area contributed by atoms with Crippen molar-refractivity contribution >= 4 is 44.0 Å². The third-order valence-corrected chi connectivity index (χ3v) is 8.06. The molecule has 2 aromatic rings.